The molecule has 0 aliphatic rings. The third-order valence-electron chi connectivity index (χ3n) is 6.77. The Morgan fingerprint density at radius 1 is 0.923 bits per heavy atom. The molecule has 0 radical (unpaired) electrons. The van der Waals surface area contributed by atoms with Crippen molar-refractivity contribution < 1.29 is 22.4 Å². The molecule has 0 aliphatic heterocycles. The number of hydrogen-bond donors (Lipinski definition) is 1. The van der Waals surface area contributed by atoms with Crippen LogP contribution in [0.3, 0.4) is 0 Å². The smallest absolute Gasteiger partial charge is 0.264 e. The predicted molar refractivity (Wildman–Crippen MR) is 151 cm³/mol. The molecule has 0 aromatic heterocycles. The van der Waals surface area contributed by atoms with E-state index in [2.05, 4.69) is 5.32 Å². The van der Waals surface area contributed by atoms with Crippen molar-refractivity contribution in [3.8, 4) is 0 Å². The van der Waals surface area contributed by atoms with Crippen molar-refractivity contribution in [2.24, 2.45) is 0 Å². The molecule has 39 heavy (non-hydrogen) atoms. The Hall–Kier alpha value is -3.72. The minimum Gasteiger partial charge on any atom is -0.352 e. The van der Waals surface area contributed by atoms with Gasteiger partial charge in [0.1, 0.15) is 18.4 Å². The third-order valence-corrected chi connectivity index (χ3v) is 8.56. The van der Waals surface area contributed by atoms with Crippen molar-refractivity contribution in [3.05, 3.63) is 95.3 Å². The average Bonchev–Trinajstić information content (AvgIpc) is 2.91. The summed E-state index contributed by atoms with van der Waals surface area (Å²) in [6.45, 7) is 8.83. The molecule has 2 atom stereocenters. The van der Waals surface area contributed by atoms with Gasteiger partial charge in [-0.1, -0.05) is 48.9 Å². The van der Waals surface area contributed by atoms with E-state index in [0.29, 0.717) is 0 Å². The van der Waals surface area contributed by atoms with Gasteiger partial charge < -0.3 is 10.2 Å². The van der Waals surface area contributed by atoms with E-state index in [1.807, 2.05) is 52.0 Å². The lowest BCUT2D eigenvalue weighted by Gasteiger charge is -2.32. The molecule has 0 heterocycles. The van der Waals surface area contributed by atoms with Crippen molar-refractivity contribution in [1.29, 1.82) is 0 Å². The summed E-state index contributed by atoms with van der Waals surface area (Å²) < 4.78 is 42.1. The number of amides is 2. The maximum atomic E-state index is 13.9. The molecule has 0 saturated carbocycles. The van der Waals surface area contributed by atoms with Crippen molar-refractivity contribution in [2.75, 3.05) is 10.8 Å². The van der Waals surface area contributed by atoms with Crippen LogP contribution in [0.15, 0.2) is 77.7 Å². The normalized spacial score (nSPS) is 12.9. The molecule has 2 amide bonds. The lowest BCUT2D eigenvalue weighted by Crippen LogP contribution is -2.52. The largest absolute Gasteiger partial charge is 0.352 e. The Morgan fingerprint density at radius 3 is 2.13 bits per heavy atom. The highest BCUT2D eigenvalue weighted by Crippen LogP contribution is 2.25. The molecular formula is C30H36FN3O4S. The van der Waals surface area contributed by atoms with E-state index < -0.39 is 34.3 Å². The number of carbonyl (C=O) groups is 2. The van der Waals surface area contributed by atoms with E-state index in [0.717, 1.165) is 39.5 Å². The predicted octanol–water partition coefficient (Wildman–Crippen LogP) is 4.97. The number of halogens is 1. The number of aryl methyl sites for hydroxylation is 2. The Kier molecular flexibility index (Phi) is 9.86. The highest BCUT2D eigenvalue weighted by molar-refractivity contribution is 7.92. The van der Waals surface area contributed by atoms with Gasteiger partial charge in [0, 0.05) is 12.6 Å². The van der Waals surface area contributed by atoms with Crippen LogP contribution in [0.5, 0.6) is 0 Å². The van der Waals surface area contributed by atoms with Crippen LogP contribution in [0, 0.1) is 19.7 Å². The molecule has 1 N–H and O–H groups in total. The van der Waals surface area contributed by atoms with Crippen LogP contribution in [0.1, 0.15) is 43.9 Å². The zero-order chi connectivity index (χ0) is 28.7. The van der Waals surface area contributed by atoms with Gasteiger partial charge in [-0.15, -0.1) is 0 Å². The molecule has 0 spiro atoms. The van der Waals surface area contributed by atoms with Gasteiger partial charge in [-0.05, 0) is 81.6 Å². The molecule has 0 bridgehead atoms. The first-order chi connectivity index (χ1) is 18.4. The number of hydrogen-bond acceptors (Lipinski definition) is 4. The summed E-state index contributed by atoms with van der Waals surface area (Å²) >= 11 is 0. The summed E-state index contributed by atoms with van der Waals surface area (Å²) in [7, 11) is -4.24. The lowest BCUT2D eigenvalue weighted by molar-refractivity contribution is -0.139. The highest BCUT2D eigenvalue weighted by Gasteiger charge is 2.33. The first-order valence-corrected chi connectivity index (χ1v) is 14.4. The average molecular weight is 554 g/mol. The van der Waals surface area contributed by atoms with E-state index in [-0.39, 0.29) is 29.1 Å². The van der Waals surface area contributed by atoms with Gasteiger partial charge in [-0.3, -0.25) is 13.9 Å². The van der Waals surface area contributed by atoms with Gasteiger partial charge in [0.15, 0.2) is 0 Å². The second-order valence-electron chi connectivity index (χ2n) is 9.74. The number of carbonyl (C=O) groups excluding carboxylic acids is 2. The summed E-state index contributed by atoms with van der Waals surface area (Å²) in [6, 6.07) is 17.8. The fourth-order valence-electron chi connectivity index (χ4n) is 3.99. The lowest BCUT2D eigenvalue weighted by atomic mass is 10.1. The highest BCUT2D eigenvalue weighted by atomic mass is 32.2. The van der Waals surface area contributed by atoms with Crippen molar-refractivity contribution in [3.63, 3.8) is 0 Å². The van der Waals surface area contributed by atoms with Crippen LogP contribution < -0.4 is 9.62 Å². The van der Waals surface area contributed by atoms with Gasteiger partial charge >= 0.3 is 0 Å². The van der Waals surface area contributed by atoms with Crippen LogP contribution in [0.25, 0.3) is 0 Å². The maximum absolute atomic E-state index is 13.9. The molecular weight excluding hydrogens is 517 g/mol. The van der Waals surface area contributed by atoms with Crippen LogP contribution in [-0.2, 0) is 26.2 Å². The molecule has 9 heteroatoms. The molecule has 208 valence electrons. The van der Waals surface area contributed by atoms with Gasteiger partial charge in [0.25, 0.3) is 10.0 Å². The van der Waals surface area contributed by atoms with Crippen molar-refractivity contribution in [2.45, 2.75) is 64.6 Å². The number of sulfonamides is 1. The van der Waals surface area contributed by atoms with Crippen molar-refractivity contribution in [1.82, 2.24) is 10.2 Å². The fraction of sp³-hybridized carbons (Fsp3) is 0.333. The van der Waals surface area contributed by atoms with E-state index in [1.165, 1.54) is 17.0 Å². The molecule has 0 aliphatic carbocycles. The standard InChI is InChI=1S/C30H36FN3O4S/c1-6-23(4)32-30(36)24(5)33(19-25-10-8-7-9-22(25)3)29(35)20-34(27-15-11-21(2)12-16-27)39(37,38)28-17-13-26(31)14-18-28/h7-18,23-24H,6,19-20H2,1-5H3,(H,32,36)/t23-,24+/m1/s1. The number of anilines is 1. The van der Waals surface area contributed by atoms with Gasteiger partial charge in [0.2, 0.25) is 11.8 Å². The zero-order valence-electron chi connectivity index (χ0n) is 23.0. The summed E-state index contributed by atoms with van der Waals surface area (Å²) in [5, 5.41) is 2.92. The van der Waals surface area contributed by atoms with E-state index in [9.17, 15) is 22.4 Å². The fourth-order valence-corrected chi connectivity index (χ4v) is 5.41. The number of nitrogens with zero attached hydrogens (tertiary/aromatic N) is 2. The van der Waals surface area contributed by atoms with E-state index in [4.69, 9.17) is 0 Å². The maximum Gasteiger partial charge on any atom is 0.264 e. The van der Waals surface area contributed by atoms with E-state index in [1.54, 1.807) is 31.2 Å². The van der Waals surface area contributed by atoms with Crippen LogP contribution in [0.2, 0.25) is 0 Å². The van der Waals surface area contributed by atoms with Crippen LogP contribution in [0.4, 0.5) is 10.1 Å². The van der Waals surface area contributed by atoms with Gasteiger partial charge in [-0.2, -0.15) is 0 Å². The molecule has 3 rings (SSSR count). The summed E-state index contributed by atoms with van der Waals surface area (Å²) in [6.07, 6.45) is 0.724. The summed E-state index contributed by atoms with van der Waals surface area (Å²) in [5.41, 5.74) is 2.99. The van der Waals surface area contributed by atoms with Gasteiger partial charge in [0.05, 0.1) is 10.6 Å². The SMILES string of the molecule is CC[C@@H](C)NC(=O)[C@H](C)N(Cc1ccccc1C)C(=O)CN(c1ccc(C)cc1)S(=O)(=O)c1ccc(F)cc1. The summed E-state index contributed by atoms with van der Waals surface area (Å²) in [5.74, 6) is -1.44. The topological polar surface area (TPSA) is 86.8 Å². The second kappa shape index (κ2) is 12.9. The van der Waals surface area contributed by atoms with Crippen molar-refractivity contribution >= 4 is 27.5 Å². The van der Waals surface area contributed by atoms with Crippen LogP contribution >= 0.6 is 0 Å². The Balaban J connectivity index is 2.03. The molecule has 0 saturated heterocycles. The quantitative estimate of drug-likeness (QED) is 0.363. The second-order valence-corrected chi connectivity index (χ2v) is 11.6. The third kappa shape index (κ3) is 7.44. The Bertz CT molecular complexity index is 1390. The summed E-state index contributed by atoms with van der Waals surface area (Å²) in [4.78, 5) is 28.3. The first kappa shape index (κ1) is 29.8. The minimum absolute atomic E-state index is 0.0849. The molecule has 0 unspecified atom stereocenters. The molecule has 3 aromatic carbocycles. The zero-order valence-corrected chi connectivity index (χ0v) is 23.8. The number of rotatable bonds is 11. The first-order valence-electron chi connectivity index (χ1n) is 12.9. The minimum atomic E-state index is -4.24. The Labute approximate surface area is 230 Å². The number of benzene rings is 3. The molecule has 3 aromatic rings. The molecule has 7 nitrogen and oxygen atoms in total. The van der Waals surface area contributed by atoms with Crippen LogP contribution in [-0.4, -0.2) is 43.8 Å². The molecule has 0 fully saturated rings. The monoisotopic (exact) mass is 553 g/mol. The Morgan fingerprint density at radius 2 is 1.54 bits per heavy atom. The number of nitrogens with one attached hydrogen (secondary N) is 1. The van der Waals surface area contributed by atoms with E-state index >= 15 is 0 Å². The van der Waals surface area contributed by atoms with Gasteiger partial charge in [-0.25, -0.2) is 12.8 Å².